The average molecular weight is 278 g/mol. The van der Waals surface area contributed by atoms with Crippen LogP contribution in [-0.2, 0) is 9.59 Å². The fourth-order valence-electron chi connectivity index (χ4n) is 1.93. The maximum atomic E-state index is 11.6. The molecule has 0 aliphatic rings. The van der Waals surface area contributed by atoms with E-state index in [1.807, 2.05) is 37.4 Å². The number of carboxylic acids is 1. The van der Waals surface area contributed by atoms with E-state index < -0.39 is 5.97 Å². The van der Waals surface area contributed by atoms with Gasteiger partial charge in [0.05, 0.1) is 0 Å². The molecule has 0 saturated carbocycles. The Morgan fingerprint density at radius 2 is 1.90 bits per heavy atom. The summed E-state index contributed by atoms with van der Waals surface area (Å²) in [4.78, 5) is 24.2. The SMILES string of the molecule is CC(CC(=O)O)CC(=O)NCCN(C)c1ccccc1. The molecule has 0 heterocycles. The molecule has 1 unspecified atom stereocenters. The number of hydrogen-bond acceptors (Lipinski definition) is 3. The highest BCUT2D eigenvalue weighted by molar-refractivity contribution is 5.77. The van der Waals surface area contributed by atoms with E-state index >= 15 is 0 Å². The Morgan fingerprint density at radius 1 is 1.25 bits per heavy atom. The first-order valence-corrected chi connectivity index (χ1v) is 6.73. The third kappa shape index (κ3) is 6.22. The number of carboxylic acid groups (broad SMARTS) is 1. The fraction of sp³-hybridized carbons (Fsp3) is 0.467. The van der Waals surface area contributed by atoms with Gasteiger partial charge in [-0.2, -0.15) is 0 Å². The molecule has 0 saturated heterocycles. The van der Waals surface area contributed by atoms with Crippen LogP contribution in [0.2, 0.25) is 0 Å². The van der Waals surface area contributed by atoms with Crippen LogP contribution in [0, 0.1) is 5.92 Å². The summed E-state index contributed by atoms with van der Waals surface area (Å²) in [5.74, 6) is -1.10. The number of carbonyl (C=O) groups excluding carboxylic acids is 1. The third-order valence-corrected chi connectivity index (χ3v) is 3.02. The highest BCUT2D eigenvalue weighted by Gasteiger charge is 2.12. The van der Waals surface area contributed by atoms with Crippen molar-refractivity contribution in [2.75, 3.05) is 25.0 Å². The first-order valence-electron chi connectivity index (χ1n) is 6.73. The molecule has 1 rings (SSSR count). The zero-order chi connectivity index (χ0) is 15.0. The molecule has 0 radical (unpaired) electrons. The Hall–Kier alpha value is -2.04. The molecule has 0 spiro atoms. The monoisotopic (exact) mass is 278 g/mol. The van der Waals surface area contributed by atoms with E-state index in [2.05, 4.69) is 10.2 Å². The summed E-state index contributed by atoms with van der Waals surface area (Å²) in [6.45, 7) is 3.02. The van der Waals surface area contributed by atoms with Gasteiger partial charge in [0.1, 0.15) is 0 Å². The lowest BCUT2D eigenvalue weighted by Gasteiger charge is -2.19. The number of para-hydroxylation sites is 1. The van der Waals surface area contributed by atoms with Crippen LogP contribution in [0.5, 0.6) is 0 Å². The molecule has 1 amide bonds. The molecule has 110 valence electrons. The van der Waals surface area contributed by atoms with Gasteiger partial charge in [-0.15, -0.1) is 0 Å². The molecular formula is C15H22N2O3. The molecule has 5 nitrogen and oxygen atoms in total. The number of nitrogens with one attached hydrogen (secondary N) is 1. The van der Waals surface area contributed by atoms with Crippen molar-refractivity contribution in [1.82, 2.24) is 5.32 Å². The van der Waals surface area contributed by atoms with E-state index in [0.717, 1.165) is 5.69 Å². The summed E-state index contributed by atoms with van der Waals surface area (Å²) in [5.41, 5.74) is 1.10. The average Bonchev–Trinajstić information content (AvgIpc) is 2.38. The van der Waals surface area contributed by atoms with Gasteiger partial charge >= 0.3 is 5.97 Å². The number of hydrogen-bond donors (Lipinski definition) is 2. The van der Waals surface area contributed by atoms with Gasteiger partial charge in [-0.1, -0.05) is 25.1 Å². The van der Waals surface area contributed by atoms with Crippen molar-refractivity contribution < 1.29 is 14.7 Å². The van der Waals surface area contributed by atoms with Crippen LogP contribution in [0.1, 0.15) is 19.8 Å². The molecule has 0 aromatic heterocycles. The normalized spacial score (nSPS) is 11.7. The number of likely N-dealkylation sites (N-methyl/N-ethyl adjacent to an activating group) is 1. The highest BCUT2D eigenvalue weighted by atomic mass is 16.4. The highest BCUT2D eigenvalue weighted by Crippen LogP contribution is 2.10. The number of carbonyl (C=O) groups is 2. The maximum absolute atomic E-state index is 11.6. The Bertz CT molecular complexity index is 434. The zero-order valence-corrected chi connectivity index (χ0v) is 12.0. The Labute approximate surface area is 119 Å². The van der Waals surface area contributed by atoms with Gasteiger partial charge in [-0.3, -0.25) is 9.59 Å². The van der Waals surface area contributed by atoms with Crippen LogP contribution in [0.25, 0.3) is 0 Å². The van der Waals surface area contributed by atoms with E-state index in [1.165, 1.54) is 0 Å². The van der Waals surface area contributed by atoms with Crippen molar-refractivity contribution in [2.45, 2.75) is 19.8 Å². The van der Waals surface area contributed by atoms with Gasteiger partial charge in [0.2, 0.25) is 5.91 Å². The van der Waals surface area contributed by atoms with E-state index in [0.29, 0.717) is 13.1 Å². The lowest BCUT2D eigenvalue weighted by atomic mass is 10.0. The molecule has 0 aliphatic heterocycles. The predicted octanol–water partition coefficient (Wildman–Crippen LogP) is 1.74. The number of anilines is 1. The third-order valence-electron chi connectivity index (χ3n) is 3.02. The minimum absolute atomic E-state index is 0.0251. The quantitative estimate of drug-likeness (QED) is 0.760. The summed E-state index contributed by atoms with van der Waals surface area (Å²) in [6, 6.07) is 9.92. The van der Waals surface area contributed by atoms with Crippen LogP contribution >= 0.6 is 0 Å². The molecular weight excluding hydrogens is 256 g/mol. The number of rotatable bonds is 8. The first kappa shape index (κ1) is 16.0. The number of benzene rings is 1. The molecule has 1 atom stereocenters. The van der Waals surface area contributed by atoms with Crippen LogP contribution in [0.4, 0.5) is 5.69 Å². The maximum Gasteiger partial charge on any atom is 0.303 e. The van der Waals surface area contributed by atoms with Gasteiger partial charge in [-0.05, 0) is 18.1 Å². The van der Waals surface area contributed by atoms with Crippen molar-refractivity contribution in [3.05, 3.63) is 30.3 Å². The van der Waals surface area contributed by atoms with Gasteiger partial charge in [0, 0.05) is 38.7 Å². The van der Waals surface area contributed by atoms with Crippen LogP contribution < -0.4 is 10.2 Å². The standard InChI is InChI=1S/C15H22N2O3/c1-12(11-15(19)20)10-14(18)16-8-9-17(2)13-6-4-3-5-7-13/h3-7,12H,8-11H2,1-2H3,(H,16,18)(H,19,20). The minimum Gasteiger partial charge on any atom is -0.481 e. The van der Waals surface area contributed by atoms with E-state index in [4.69, 9.17) is 5.11 Å². The second kappa shape index (κ2) is 8.19. The second-order valence-electron chi connectivity index (χ2n) is 5.01. The zero-order valence-electron chi connectivity index (χ0n) is 12.0. The van der Waals surface area contributed by atoms with Crippen molar-refractivity contribution in [3.8, 4) is 0 Å². The Balaban J connectivity index is 2.23. The van der Waals surface area contributed by atoms with Crippen LogP contribution in [-0.4, -0.2) is 37.1 Å². The summed E-state index contributed by atoms with van der Waals surface area (Å²) in [6.07, 6.45) is 0.276. The number of amides is 1. The predicted molar refractivity (Wildman–Crippen MR) is 78.8 cm³/mol. The summed E-state index contributed by atoms with van der Waals surface area (Å²) < 4.78 is 0. The van der Waals surface area contributed by atoms with E-state index in [9.17, 15) is 9.59 Å². The topological polar surface area (TPSA) is 69.6 Å². The summed E-state index contributed by atoms with van der Waals surface area (Å²) >= 11 is 0. The molecule has 0 bridgehead atoms. The largest absolute Gasteiger partial charge is 0.481 e. The van der Waals surface area contributed by atoms with Gasteiger partial charge < -0.3 is 15.3 Å². The van der Waals surface area contributed by atoms with Gasteiger partial charge in [-0.25, -0.2) is 0 Å². The fourth-order valence-corrected chi connectivity index (χ4v) is 1.93. The van der Waals surface area contributed by atoms with Crippen molar-refractivity contribution >= 4 is 17.6 Å². The molecule has 0 aliphatic carbocycles. The first-order chi connectivity index (χ1) is 9.49. The van der Waals surface area contributed by atoms with Crippen molar-refractivity contribution in [1.29, 1.82) is 0 Å². The van der Waals surface area contributed by atoms with Gasteiger partial charge in [0.25, 0.3) is 0 Å². The Morgan fingerprint density at radius 3 is 2.50 bits per heavy atom. The Kier molecular flexibility index (Phi) is 6.56. The summed E-state index contributed by atoms with van der Waals surface area (Å²) in [7, 11) is 1.97. The van der Waals surface area contributed by atoms with Crippen molar-refractivity contribution in [3.63, 3.8) is 0 Å². The second-order valence-corrected chi connectivity index (χ2v) is 5.01. The molecule has 20 heavy (non-hydrogen) atoms. The smallest absolute Gasteiger partial charge is 0.303 e. The van der Waals surface area contributed by atoms with Crippen molar-refractivity contribution in [2.24, 2.45) is 5.92 Å². The number of nitrogens with zero attached hydrogens (tertiary/aromatic N) is 1. The van der Waals surface area contributed by atoms with E-state index in [1.54, 1.807) is 6.92 Å². The van der Waals surface area contributed by atoms with Crippen LogP contribution in [0.3, 0.4) is 0 Å². The molecule has 1 aromatic rings. The minimum atomic E-state index is -0.867. The lowest BCUT2D eigenvalue weighted by Crippen LogP contribution is -2.33. The van der Waals surface area contributed by atoms with Crippen LogP contribution in [0.15, 0.2) is 30.3 Å². The van der Waals surface area contributed by atoms with Gasteiger partial charge in [0.15, 0.2) is 0 Å². The molecule has 0 fully saturated rings. The lowest BCUT2D eigenvalue weighted by molar-refractivity contribution is -0.138. The molecule has 5 heteroatoms. The molecule has 2 N–H and O–H groups in total. The van der Waals surface area contributed by atoms with E-state index in [-0.39, 0.29) is 24.7 Å². The molecule has 1 aromatic carbocycles. The summed E-state index contributed by atoms with van der Waals surface area (Å²) in [5, 5.41) is 11.4. The number of aliphatic carboxylic acids is 1.